The van der Waals surface area contributed by atoms with Crippen LogP contribution in [0.5, 0.6) is 23.0 Å². The van der Waals surface area contributed by atoms with Crippen LogP contribution in [0.2, 0.25) is 0 Å². The summed E-state index contributed by atoms with van der Waals surface area (Å²) >= 11 is 0. The first-order valence-corrected chi connectivity index (χ1v) is 19.0. The minimum Gasteiger partial charge on any atom is -0.507 e. The van der Waals surface area contributed by atoms with Crippen molar-refractivity contribution in [2.24, 2.45) is 0 Å². The third kappa shape index (κ3) is 6.80. The molecule has 2 aliphatic carbocycles. The summed E-state index contributed by atoms with van der Waals surface area (Å²) in [5, 5.41) is 126. The fourth-order valence-electron chi connectivity index (χ4n) is 8.74. The van der Waals surface area contributed by atoms with Crippen LogP contribution in [0, 0.1) is 0 Å². The summed E-state index contributed by atoms with van der Waals surface area (Å²) < 4.78 is 23.1. The van der Waals surface area contributed by atoms with E-state index in [0.717, 1.165) is 18.2 Å². The number of phenols is 2. The Morgan fingerprint density at radius 1 is 0.557 bits per heavy atom. The van der Waals surface area contributed by atoms with Crippen molar-refractivity contribution in [2.75, 3.05) is 13.2 Å². The summed E-state index contributed by atoms with van der Waals surface area (Å²) in [6, 6.07) is 13.1. The molecule has 0 radical (unpaired) electrons. The van der Waals surface area contributed by atoms with Gasteiger partial charge in [-0.15, -0.1) is 0 Å². The molecule has 0 aromatic heterocycles. The molecule has 2 saturated heterocycles. The second-order valence-corrected chi connectivity index (χ2v) is 15.2. The summed E-state index contributed by atoms with van der Waals surface area (Å²) in [7, 11) is 0. The zero-order chi connectivity index (χ0) is 43.8. The lowest BCUT2D eigenvalue weighted by atomic mass is 9.63. The van der Waals surface area contributed by atoms with Gasteiger partial charge in [0, 0.05) is 11.8 Å². The van der Waals surface area contributed by atoms with Gasteiger partial charge in [0.1, 0.15) is 71.8 Å². The number of rotatable bonds is 9. The molecule has 2 aliphatic heterocycles. The fraction of sp³-hybridized carbons (Fsp3) is 0.357. The molecule has 12 N–H and O–H groups in total. The SMILES string of the molecule is O=C(O)c1cc(O)c2c(c1)[C@H]([C@@H]1c3cc(CO)cc(O)c3C(=O)c3c(O[C@@H]4O[C@H](CO)[C@H](O)[C@H](O)[C@H]4O)cccc31)c1cccc(O[C@@H]3O[C@H](CO)[C@@H](O)[C@H](O)[C@H]3O)c1C2=O. The number of ether oxygens (including phenoxy) is 4. The van der Waals surface area contributed by atoms with Crippen molar-refractivity contribution in [1.29, 1.82) is 0 Å². The highest BCUT2D eigenvalue weighted by atomic mass is 16.7. The zero-order valence-corrected chi connectivity index (χ0v) is 31.5. The smallest absolute Gasteiger partial charge is 0.335 e. The Hall–Kier alpha value is -5.55. The van der Waals surface area contributed by atoms with Gasteiger partial charge in [0.15, 0.2) is 0 Å². The van der Waals surface area contributed by atoms with Gasteiger partial charge in [0.05, 0.1) is 47.6 Å². The molecule has 12 atom stereocenters. The molecule has 19 nitrogen and oxygen atoms in total. The van der Waals surface area contributed by atoms with Crippen molar-refractivity contribution >= 4 is 17.5 Å². The molecular formula is C42H40O19. The van der Waals surface area contributed by atoms with Gasteiger partial charge in [-0.05, 0) is 58.1 Å². The van der Waals surface area contributed by atoms with Gasteiger partial charge in [0.2, 0.25) is 24.1 Å². The van der Waals surface area contributed by atoms with Crippen molar-refractivity contribution in [3.05, 3.63) is 116 Å². The number of carboxylic acids is 1. The normalized spacial score (nSPS) is 30.4. The lowest BCUT2D eigenvalue weighted by Gasteiger charge is -2.41. The van der Waals surface area contributed by atoms with Crippen molar-refractivity contribution in [3.8, 4) is 23.0 Å². The van der Waals surface area contributed by atoms with Crippen LogP contribution in [0.1, 0.15) is 81.9 Å². The zero-order valence-electron chi connectivity index (χ0n) is 31.5. The van der Waals surface area contributed by atoms with E-state index in [4.69, 9.17) is 18.9 Å². The number of carbonyl (C=O) groups is 3. The molecule has 19 heteroatoms. The molecule has 0 amide bonds. The number of phenolic OH excluding ortho intramolecular Hbond substituents is 2. The van der Waals surface area contributed by atoms with Crippen molar-refractivity contribution in [2.45, 2.75) is 79.9 Å². The molecule has 0 unspecified atom stereocenters. The number of hydrogen-bond acceptors (Lipinski definition) is 18. The maximum atomic E-state index is 14.7. The minimum absolute atomic E-state index is 0.0646. The van der Waals surface area contributed by atoms with Crippen LogP contribution in [-0.2, 0) is 16.1 Å². The highest BCUT2D eigenvalue weighted by Gasteiger charge is 2.50. The standard InChI is InChI=1S/C42H40O19/c43-11-14-7-18-26(16-3-1-5-22(30(16)34(50)28(18)20(46)8-14)58-41-38(54)36(52)32(48)24(12-44)60-41)27-17-4-2-6-23(59-42-39(55)37(53)33(49)25(13-45)61-42)31(17)35(51)29-19(27)9-15(40(56)57)10-21(29)47/h1-10,24-27,32-33,36-39,41-49,52-55H,11-13H2,(H,56,57)/t24-,25-,26+,27-,32+,33-,36+,37+,38-,39-,41-,42-/m1/s1. The predicted octanol–water partition coefficient (Wildman–Crippen LogP) is -1.30. The van der Waals surface area contributed by atoms with Crippen molar-refractivity contribution in [3.63, 3.8) is 0 Å². The van der Waals surface area contributed by atoms with E-state index >= 15 is 0 Å². The van der Waals surface area contributed by atoms with Crippen molar-refractivity contribution < 1.29 is 94.6 Å². The number of fused-ring (bicyclic) bond motifs is 4. The van der Waals surface area contributed by atoms with E-state index in [-0.39, 0.29) is 56.0 Å². The topological polar surface area (TPSA) is 331 Å². The lowest BCUT2D eigenvalue weighted by molar-refractivity contribution is -0.277. The minimum atomic E-state index is -1.91. The van der Waals surface area contributed by atoms with Gasteiger partial charge < -0.3 is 80.2 Å². The molecule has 0 spiro atoms. The maximum Gasteiger partial charge on any atom is 0.335 e. The molecule has 4 aromatic carbocycles. The van der Waals surface area contributed by atoms with E-state index in [1.54, 1.807) is 0 Å². The van der Waals surface area contributed by atoms with Gasteiger partial charge >= 0.3 is 5.97 Å². The fourth-order valence-corrected chi connectivity index (χ4v) is 8.74. The first-order chi connectivity index (χ1) is 29.1. The third-order valence-corrected chi connectivity index (χ3v) is 11.7. The summed E-state index contributed by atoms with van der Waals surface area (Å²) in [4.78, 5) is 41.8. The molecule has 0 saturated carbocycles. The summed E-state index contributed by atoms with van der Waals surface area (Å²) in [5.74, 6) is -7.67. The second-order valence-electron chi connectivity index (χ2n) is 15.2. The Bertz CT molecular complexity index is 2410. The number of aliphatic hydroxyl groups excluding tert-OH is 9. The van der Waals surface area contributed by atoms with Crippen LogP contribution in [0.4, 0.5) is 0 Å². The number of carboxylic acid groups (broad SMARTS) is 1. The molecule has 8 rings (SSSR count). The molecular weight excluding hydrogens is 808 g/mol. The number of ketones is 2. The quantitative estimate of drug-likeness (QED) is 0.0931. The second kappa shape index (κ2) is 16.0. The number of hydrogen-bond donors (Lipinski definition) is 12. The number of aromatic hydroxyl groups is 2. The Morgan fingerprint density at radius 3 is 1.43 bits per heavy atom. The Labute approximate surface area is 344 Å². The number of carbonyl (C=O) groups excluding carboxylic acids is 2. The van der Waals surface area contributed by atoms with Crippen molar-refractivity contribution in [1.82, 2.24) is 0 Å². The van der Waals surface area contributed by atoms with Gasteiger partial charge in [0.25, 0.3) is 0 Å². The molecule has 2 fully saturated rings. The highest BCUT2D eigenvalue weighted by molar-refractivity contribution is 6.18. The Morgan fingerprint density at radius 2 is 1.00 bits per heavy atom. The molecule has 61 heavy (non-hydrogen) atoms. The first kappa shape index (κ1) is 42.2. The van der Waals surface area contributed by atoms with Gasteiger partial charge in [-0.25, -0.2) is 4.79 Å². The molecule has 0 bridgehead atoms. The monoisotopic (exact) mass is 848 g/mol. The lowest BCUT2D eigenvalue weighted by Crippen LogP contribution is -2.60. The predicted molar refractivity (Wildman–Crippen MR) is 201 cm³/mol. The third-order valence-electron chi connectivity index (χ3n) is 11.7. The van der Waals surface area contributed by atoms with E-state index < -0.39 is 133 Å². The van der Waals surface area contributed by atoms with E-state index in [9.17, 15) is 75.7 Å². The highest BCUT2D eigenvalue weighted by Crippen LogP contribution is 2.56. The number of benzene rings is 4. The molecule has 2 heterocycles. The largest absolute Gasteiger partial charge is 0.507 e. The Kier molecular flexibility index (Phi) is 11.1. The molecule has 322 valence electrons. The van der Waals surface area contributed by atoms with Gasteiger partial charge in [-0.1, -0.05) is 30.3 Å². The average Bonchev–Trinajstić information content (AvgIpc) is 3.24. The maximum absolute atomic E-state index is 14.7. The van der Waals surface area contributed by atoms with Crippen LogP contribution in [0.15, 0.2) is 60.7 Å². The first-order valence-electron chi connectivity index (χ1n) is 19.0. The molecule has 4 aromatic rings. The molecule has 4 aliphatic rings. The summed E-state index contributed by atoms with van der Waals surface area (Å²) in [6.45, 7) is -2.21. The van der Waals surface area contributed by atoms with Crippen LogP contribution >= 0.6 is 0 Å². The van der Waals surface area contributed by atoms with Gasteiger partial charge in [-0.2, -0.15) is 0 Å². The van der Waals surface area contributed by atoms with Crippen LogP contribution in [0.25, 0.3) is 0 Å². The van der Waals surface area contributed by atoms with Gasteiger partial charge in [-0.3, -0.25) is 9.59 Å². The summed E-state index contributed by atoms with van der Waals surface area (Å²) in [5.41, 5.74) is -1.30. The van der Waals surface area contributed by atoms with E-state index in [1.807, 2.05) is 0 Å². The van der Waals surface area contributed by atoms with Crippen LogP contribution in [0.3, 0.4) is 0 Å². The summed E-state index contributed by atoms with van der Waals surface area (Å²) in [6.07, 6.45) is -17.4. The van der Waals surface area contributed by atoms with E-state index in [1.165, 1.54) is 42.5 Å². The number of aromatic carboxylic acids is 1. The van der Waals surface area contributed by atoms with Crippen LogP contribution in [-0.4, -0.2) is 153 Å². The average molecular weight is 849 g/mol. The van der Waals surface area contributed by atoms with Crippen LogP contribution < -0.4 is 9.47 Å². The van der Waals surface area contributed by atoms with E-state index in [0.29, 0.717) is 0 Å². The Balaban J connectivity index is 1.37. The number of aliphatic hydroxyl groups is 9. The van der Waals surface area contributed by atoms with E-state index in [2.05, 4.69) is 0 Å².